The molecule has 0 unspecified atom stereocenters. The monoisotopic (exact) mass is 298 g/mol. The van der Waals surface area contributed by atoms with Crippen LogP contribution in [0.25, 0.3) is 0 Å². The third-order valence-electron chi connectivity index (χ3n) is 2.57. The summed E-state index contributed by atoms with van der Waals surface area (Å²) in [7, 11) is -3.30. The fraction of sp³-hybridized carbons (Fsp3) is 0.462. The summed E-state index contributed by atoms with van der Waals surface area (Å²) >= 11 is 1.78. The van der Waals surface area contributed by atoms with Crippen LogP contribution in [0, 0.1) is 11.3 Å². The van der Waals surface area contributed by atoms with Gasteiger partial charge in [0.1, 0.15) is 0 Å². The lowest BCUT2D eigenvalue weighted by molar-refractivity contribution is 0.590. The Bertz CT molecular complexity index is 536. The molecule has 1 aromatic carbocycles. The maximum atomic E-state index is 12.0. The molecule has 0 aliphatic heterocycles. The van der Waals surface area contributed by atoms with Gasteiger partial charge in [-0.3, -0.25) is 0 Å². The molecular formula is C13H18N2O2S2. The van der Waals surface area contributed by atoms with Crippen LogP contribution in [-0.4, -0.2) is 39.3 Å². The van der Waals surface area contributed by atoms with Crippen molar-refractivity contribution in [2.45, 2.75) is 11.3 Å². The van der Waals surface area contributed by atoms with Crippen LogP contribution in [0.1, 0.15) is 12.0 Å². The second kappa shape index (κ2) is 8.20. The molecule has 0 atom stereocenters. The van der Waals surface area contributed by atoms with Crippen LogP contribution in [0.2, 0.25) is 0 Å². The van der Waals surface area contributed by atoms with Gasteiger partial charge in [-0.1, -0.05) is 6.07 Å². The van der Waals surface area contributed by atoms with Gasteiger partial charge in [-0.2, -0.15) is 17.0 Å². The highest BCUT2D eigenvalue weighted by atomic mass is 32.2. The van der Waals surface area contributed by atoms with Gasteiger partial charge < -0.3 is 5.32 Å². The highest BCUT2D eigenvalue weighted by Crippen LogP contribution is 2.12. The summed E-state index contributed by atoms with van der Waals surface area (Å²) in [6, 6.07) is 8.09. The van der Waals surface area contributed by atoms with Gasteiger partial charge in [0, 0.05) is 6.54 Å². The van der Waals surface area contributed by atoms with Crippen LogP contribution in [-0.2, 0) is 9.84 Å². The molecule has 0 spiro atoms. The van der Waals surface area contributed by atoms with Crippen LogP contribution in [0.5, 0.6) is 0 Å². The minimum Gasteiger partial charge on any atom is -0.316 e. The highest BCUT2D eigenvalue weighted by Gasteiger charge is 2.14. The molecular weight excluding hydrogens is 280 g/mol. The molecule has 1 aromatic rings. The van der Waals surface area contributed by atoms with Crippen molar-refractivity contribution in [3.8, 4) is 6.07 Å². The average molecular weight is 298 g/mol. The quantitative estimate of drug-likeness (QED) is 0.739. The number of hydrogen-bond acceptors (Lipinski definition) is 5. The fourth-order valence-electron chi connectivity index (χ4n) is 1.55. The van der Waals surface area contributed by atoms with Gasteiger partial charge in [-0.05, 0) is 43.2 Å². The lowest BCUT2D eigenvalue weighted by Crippen LogP contribution is -2.24. The molecule has 0 aliphatic carbocycles. The zero-order chi connectivity index (χ0) is 14.1. The molecule has 0 saturated heterocycles. The van der Waals surface area contributed by atoms with Gasteiger partial charge in [0.25, 0.3) is 0 Å². The first-order valence-electron chi connectivity index (χ1n) is 6.03. The molecule has 4 nitrogen and oxygen atoms in total. The van der Waals surface area contributed by atoms with Gasteiger partial charge in [-0.25, -0.2) is 8.42 Å². The molecule has 0 radical (unpaired) electrons. The van der Waals surface area contributed by atoms with Crippen molar-refractivity contribution < 1.29 is 8.42 Å². The first-order valence-corrected chi connectivity index (χ1v) is 9.07. The second-order valence-corrected chi connectivity index (χ2v) is 7.15. The molecule has 6 heteroatoms. The Morgan fingerprint density at radius 2 is 2.16 bits per heavy atom. The minimum absolute atomic E-state index is 0.0567. The molecule has 0 fully saturated rings. The van der Waals surface area contributed by atoms with Crippen LogP contribution in [0.3, 0.4) is 0 Å². The number of nitriles is 1. The zero-order valence-electron chi connectivity index (χ0n) is 10.9. The molecule has 0 heterocycles. The molecule has 1 rings (SSSR count). The smallest absolute Gasteiger partial charge is 0.179 e. The summed E-state index contributed by atoms with van der Waals surface area (Å²) in [6.45, 7) is 1.27. The van der Waals surface area contributed by atoms with E-state index in [1.807, 2.05) is 12.3 Å². The molecule has 1 N–H and O–H groups in total. The summed E-state index contributed by atoms with van der Waals surface area (Å²) < 4.78 is 24.1. The summed E-state index contributed by atoms with van der Waals surface area (Å²) in [5.74, 6) is 1.13. The highest BCUT2D eigenvalue weighted by molar-refractivity contribution is 7.98. The number of benzene rings is 1. The van der Waals surface area contributed by atoms with Crippen molar-refractivity contribution in [3.05, 3.63) is 29.8 Å². The van der Waals surface area contributed by atoms with E-state index in [1.54, 1.807) is 23.9 Å². The summed E-state index contributed by atoms with van der Waals surface area (Å²) in [5, 5.41) is 11.9. The Labute approximate surface area is 119 Å². The molecule has 0 amide bonds. The van der Waals surface area contributed by atoms with E-state index in [9.17, 15) is 8.42 Å². The zero-order valence-corrected chi connectivity index (χ0v) is 12.6. The normalized spacial score (nSPS) is 11.2. The Balaban J connectivity index is 2.49. The fourth-order valence-corrected chi connectivity index (χ4v) is 3.22. The van der Waals surface area contributed by atoms with Crippen LogP contribution in [0.4, 0.5) is 0 Å². The summed E-state index contributed by atoms with van der Waals surface area (Å²) in [4.78, 5) is 0.220. The second-order valence-electron chi connectivity index (χ2n) is 4.05. The van der Waals surface area contributed by atoms with Gasteiger partial charge in [0.15, 0.2) is 9.84 Å². The van der Waals surface area contributed by atoms with Gasteiger partial charge in [0.2, 0.25) is 0 Å². The molecule has 0 aromatic heterocycles. The molecule has 19 heavy (non-hydrogen) atoms. The van der Waals surface area contributed by atoms with E-state index in [1.165, 1.54) is 12.1 Å². The summed E-state index contributed by atoms with van der Waals surface area (Å²) in [5.41, 5.74) is 0.369. The molecule has 0 bridgehead atoms. The van der Waals surface area contributed by atoms with E-state index in [4.69, 9.17) is 5.26 Å². The Morgan fingerprint density at radius 1 is 1.37 bits per heavy atom. The summed E-state index contributed by atoms with van der Waals surface area (Å²) in [6.07, 6.45) is 3.08. The lowest BCUT2D eigenvalue weighted by atomic mass is 10.2. The Morgan fingerprint density at radius 3 is 2.84 bits per heavy atom. The number of rotatable bonds is 8. The number of nitrogens with zero attached hydrogens (tertiary/aromatic N) is 1. The molecule has 0 aliphatic rings. The van der Waals surface area contributed by atoms with Crippen molar-refractivity contribution in [1.82, 2.24) is 5.32 Å². The molecule has 104 valence electrons. The van der Waals surface area contributed by atoms with Crippen LogP contribution < -0.4 is 5.32 Å². The van der Waals surface area contributed by atoms with E-state index in [0.717, 1.165) is 18.7 Å². The standard InChI is InChI=1S/C13H18N2O2S2/c1-18-8-3-6-15-7-9-19(16,17)13-5-2-4-12(10-13)11-14/h2,4-5,10,15H,3,6-9H2,1H3. The number of sulfone groups is 1. The average Bonchev–Trinajstić information content (AvgIpc) is 2.43. The lowest BCUT2D eigenvalue weighted by Gasteiger charge is -2.06. The Hall–Kier alpha value is -1.03. The first kappa shape index (κ1) is 16.0. The van der Waals surface area contributed by atoms with Gasteiger partial charge in [0.05, 0.1) is 22.3 Å². The van der Waals surface area contributed by atoms with Crippen molar-refractivity contribution in [3.63, 3.8) is 0 Å². The SMILES string of the molecule is CSCCCNCCS(=O)(=O)c1cccc(C#N)c1. The van der Waals surface area contributed by atoms with Crippen molar-refractivity contribution in [1.29, 1.82) is 5.26 Å². The predicted octanol–water partition coefficient (Wildman–Crippen LogP) is 1.67. The van der Waals surface area contributed by atoms with E-state index >= 15 is 0 Å². The number of thioether (sulfide) groups is 1. The van der Waals surface area contributed by atoms with Crippen molar-refractivity contribution >= 4 is 21.6 Å². The predicted molar refractivity (Wildman–Crippen MR) is 79.1 cm³/mol. The van der Waals surface area contributed by atoms with Crippen LogP contribution in [0.15, 0.2) is 29.2 Å². The number of nitrogens with one attached hydrogen (secondary N) is 1. The Kier molecular flexibility index (Phi) is 6.92. The maximum absolute atomic E-state index is 12.0. The van der Waals surface area contributed by atoms with E-state index in [0.29, 0.717) is 12.1 Å². The van der Waals surface area contributed by atoms with E-state index < -0.39 is 9.84 Å². The van der Waals surface area contributed by atoms with E-state index in [2.05, 4.69) is 5.32 Å². The molecule has 0 saturated carbocycles. The van der Waals surface area contributed by atoms with E-state index in [-0.39, 0.29) is 10.6 Å². The third-order valence-corrected chi connectivity index (χ3v) is 4.98. The van der Waals surface area contributed by atoms with Gasteiger partial charge in [-0.15, -0.1) is 0 Å². The first-order chi connectivity index (χ1) is 9.10. The topological polar surface area (TPSA) is 70.0 Å². The third kappa shape index (κ3) is 5.64. The largest absolute Gasteiger partial charge is 0.316 e. The van der Waals surface area contributed by atoms with Crippen molar-refractivity contribution in [2.75, 3.05) is 30.9 Å². The van der Waals surface area contributed by atoms with Gasteiger partial charge >= 0.3 is 0 Å². The maximum Gasteiger partial charge on any atom is 0.179 e. The number of hydrogen-bond donors (Lipinski definition) is 1. The minimum atomic E-state index is -3.30. The van der Waals surface area contributed by atoms with Crippen LogP contribution >= 0.6 is 11.8 Å². The van der Waals surface area contributed by atoms with Crippen molar-refractivity contribution in [2.24, 2.45) is 0 Å².